The molecular weight excluding hydrogens is 507 g/mol. The molecule has 3 nitrogen and oxygen atoms in total. The smallest absolute Gasteiger partial charge is 0.449 e. The van der Waals surface area contributed by atoms with Gasteiger partial charge < -0.3 is 11.4 Å². The minimum absolute atomic E-state index is 0.254. The molecule has 0 spiro atoms. The highest BCUT2D eigenvalue weighted by atomic mass is 27.3. The standard InChI is InChI=1S/3C12H25O.Al/c3*1-9(2)7-12(13,11(5)6)8-10(3)4;/h3*9-11H,7-8H2,1-6H3;/q3*-1;+3. The Morgan fingerprint density at radius 1 is 0.325 bits per heavy atom. The molecule has 240 valence electrons. The van der Waals surface area contributed by atoms with Crippen LogP contribution in [0, 0.1) is 53.3 Å². The third kappa shape index (κ3) is 13.4. The van der Waals surface area contributed by atoms with E-state index in [0.29, 0.717) is 53.3 Å². The average Bonchev–Trinajstić information content (AvgIpc) is 2.69. The quantitative estimate of drug-likeness (QED) is 0.126. The van der Waals surface area contributed by atoms with Crippen LogP contribution >= 0.6 is 0 Å². The Balaban J connectivity index is 7.23. The van der Waals surface area contributed by atoms with Crippen molar-refractivity contribution in [3.05, 3.63) is 0 Å². The van der Waals surface area contributed by atoms with Gasteiger partial charge in [0.05, 0.1) is 0 Å². The van der Waals surface area contributed by atoms with Crippen LogP contribution in [0.4, 0.5) is 0 Å². The molecule has 0 aromatic heterocycles. The van der Waals surface area contributed by atoms with Crippen molar-refractivity contribution in [1.82, 2.24) is 0 Å². The molecule has 0 radical (unpaired) electrons. The van der Waals surface area contributed by atoms with Crippen LogP contribution in [0.15, 0.2) is 0 Å². The molecule has 0 aromatic carbocycles. The van der Waals surface area contributed by atoms with Crippen LogP contribution in [0.3, 0.4) is 0 Å². The van der Waals surface area contributed by atoms with Gasteiger partial charge in [0.2, 0.25) is 0 Å². The fraction of sp³-hybridized carbons (Fsp3) is 1.00. The molecule has 0 bridgehead atoms. The molecule has 0 aliphatic heterocycles. The van der Waals surface area contributed by atoms with Crippen molar-refractivity contribution < 1.29 is 11.4 Å². The zero-order valence-corrected chi connectivity index (χ0v) is 31.9. The molecule has 0 aliphatic carbocycles. The average molecular weight is 583 g/mol. The van der Waals surface area contributed by atoms with E-state index >= 15 is 0 Å². The summed E-state index contributed by atoms with van der Waals surface area (Å²) in [4.78, 5) is 0. The first kappa shape index (κ1) is 40.4. The summed E-state index contributed by atoms with van der Waals surface area (Å²) in [6.45, 7) is 42.2. The van der Waals surface area contributed by atoms with Crippen LogP contribution < -0.4 is 0 Å². The molecule has 0 N–H and O–H groups in total. The van der Waals surface area contributed by atoms with Crippen molar-refractivity contribution in [3.63, 3.8) is 0 Å². The first-order valence-electron chi connectivity index (χ1n) is 17.1. The molecule has 0 saturated carbocycles. The molecule has 0 fully saturated rings. The summed E-state index contributed by atoms with van der Waals surface area (Å²) >= 11 is -2.63. The number of rotatable bonds is 21. The molecule has 4 heteroatoms. The van der Waals surface area contributed by atoms with Crippen molar-refractivity contribution in [2.45, 2.75) is 180 Å². The highest BCUT2D eigenvalue weighted by molar-refractivity contribution is 6.37. The van der Waals surface area contributed by atoms with Crippen molar-refractivity contribution >= 4 is 15.1 Å². The molecule has 0 atom stereocenters. The van der Waals surface area contributed by atoms with E-state index in [0.717, 1.165) is 38.5 Å². The number of hydrogen-bond acceptors (Lipinski definition) is 3. The van der Waals surface area contributed by atoms with Gasteiger partial charge >= 0.3 is 15.1 Å². The lowest BCUT2D eigenvalue weighted by atomic mass is 9.77. The van der Waals surface area contributed by atoms with Gasteiger partial charge in [0, 0.05) is 16.8 Å². The fourth-order valence-corrected chi connectivity index (χ4v) is 9.84. The second-order valence-corrected chi connectivity index (χ2v) is 18.2. The van der Waals surface area contributed by atoms with Crippen molar-refractivity contribution in [2.24, 2.45) is 53.3 Å². The van der Waals surface area contributed by atoms with Crippen LogP contribution in [0.1, 0.15) is 163 Å². The lowest BCUT2D eigenvalue weighted by Crippen LogP contribution is -2.56. The van der Waals surface area contributed by atoms with Gasteiger partial charge in [-0.2, -0.15) is 0 Å². The normalized spacial score (nSPS) is 14.2. The van der Waals surface area contributed by atoms with E-state index in [2.05, 4.69) is 125 Å². The zero-order chi connectivity index (χ0) is 31.6. The Kier molecular flexibility index (Phi) is 17.8. The molecule has 0 heterocycles. The number of hydrogen-bond donors (Lipinski definition) is 0. The predicted octanol–water partition coefficient (Wildman–Crippen LogP) is 11.5. The third-order valence-corrected chi connectivity index (χ3v) is 10.7. The van der Waals surface area contributed by atoms with E-state index in [4.69, 9.17) is 11.4 Å². The van der Waals surface area contributed by atoms with Crippen molar-refractivity contribution in [2.75, 3.05) is 0 Å². The molecule has 0 aliphatic rings. The Labute approximate surface area is 259 Å². The molecule has 0 amide bonds. The van der Waals surface area contributed by atoms with Crippen molar-refractivity contribution in [1.29, 1.82) is 0 Å². The Bertz CT molecular complexity index is 543. The Hall–Kier alpha value is 0.412. The highest BCUT2D eigenvalue weighted by Crippen LogP contribution is 2.44. The van der Waals surface area contributed by atoms with E-state index in [9.17, 15) is 0 Å². The second kappa shape index (κ2) is 17.6. The van der Waals surface area contributed by atoms with Gasteiger partial charge in [0.1, 0.15) is 0 Å². The summed E-state index contributed by atoms with van der Waals surface area (Å²) in [6, 6.07) is 0. The maximum Gasteiger partial charge on any atom is 0.906 e. The van der Waals surface area contributed by atoms with Crippen LogP contribution in [0.25, 0.3) is 0 Å². The SMILES string of the molecule is CC(C)CC(CC(C)C)([O][Al]([O]C(CC(C)C)(CC(C)C)C(C)C)[O]C(CC(C)C)(CC(C)C)C(C)C)C(C)C. The first-order chi connectivity index (χ1) is 18.1. The maximum absolute atomic E-state index is 7.55. The summed E-state index contributed by atoms with van der Waals surface area (Å²) in [5, 5.41) is 0. The molecule has 0 saturated heterocycles. The Morgan fingerprint density at radius 3 is 0.575 bits per heavy atom. The maximum atomic E-state index is 7.55. The summed E-state index contributed by atoms with van der Waals surface area (Å²) in [5.74, 6) is 4.38. The summed E-state index contributed by atoms with van der Waals surface area (Å²) in [7, 11) is 0. The van der Waals surface area contributed by atoms with E-state index in [1.807, 2.05) is 0 Å². The third-order valence-electron chi connectivity index (χ3n) is 8.67. The van der Waals surface area contributed by atoms with Gasteiger partial charge in [-0.25, -0.2) is 0 Å². The summed E-state index contributed by atoms with van der Waals surface area (Å²) in [6.07, 6.45) is 6.20. The van der Waals surface area contributed by atoms with Gasteiger partial charge in [-0.3, -0.25) is 0 Å². The van der Waals surface area contributed by atoms with Crippen LogP contribution in [-0.4, -0.2) is 32.0 Å². The predicted molar refractivity (Wildman–Crippen MR) is 178 cm³/mol. The topological polar surface area (TPSA) is 27.7 Å². The van der Waals surface area contributed by atoms with E-state index in [-0.39, 0.29) is 16.8 Å². The lowest BCUT2D eigenvalue weighted by Gasteiger charge is -2.49. The van der Waals surface area contributed by atoms with E-state index in [1.165, 1.54) is 0 Å². The van der Waals surface area contributed by atoms with Gasteiger partial charge in [0.25, 0.3) is 0 Å². The largest absolute Gasteiger partial charge is 0.906 e. The molecule has 0 aromatic rings. The minimum atomic E-state index is -2.63. The monoisotopic (exact) mass is 583 g/mol. The molecule has 40 heavy (non-hydrogen) atoms. The molecule has 0 rings (SSSR count). The molecule has 0 unspecified atom stereocenters. The van der Waals surface area contributed by atoms with Crippen LogP contribution in [0.2, 0.25) is 0 Å². The van der Waals surface area contributed by atoms with Gasteiger partial charge in [-0.15, -0.1) is 0 Å². The van der Waals surface area contributed by atoms with Gasteiger partial charge in [0.15, 0.2) is 0 Å². The van der Waals surface area contributed by atoms with E-state index < -0.39 is 15.1 Å². The molecular formula is C36H75AlO3. The minimum Gasteiger partial charge on any atom is -0.449 e. The second-order valence-electron chi connectivity index (χ2n) is 16.9. The highest BCUT2D eigenvalue weighted by Gasteiger charge is 2.54. The van der Waals surface area contributed by atoms with Crippen LogP contribution in [0.5, 0.6) is 0 Å². The summed E-state index contributed by atoms with van der Waals surface area (Å²) in [5.41, 5.74) is -0.762. The lowest BCUT2D eigenvalue weighted by molar-refractivity contribution is -0.146. The zero-order valence-electron chi connectivity index (χ0n) is 30.7. The Morgan fingerprint density at radius 2 is 0.475 bits per heavy atom. The van der Waals surface area contributed by atoms with E-state index in [1.54, 1.807) is 0 Å². The van der Waals surface area contributed by atoms with Crippen molar-refractivity contribution in [3.8, 4) is 0 Å². The first-order valence-corrected chi connectivity index (χ1v) is 18.6. The van der Waals surface area contributed by atoms with Gasteiger partial charge in [-0.1, -0.05) is 125 Å². The summed E-state index contributed by atoms with van der Waals surface area (Å²) < 4.78 is 22.7. The fourth-order valence-electron chi connectivity index (χ4n) is 7.15. The van der Waals surface area contributed by atoms with Crippen LogP contribution in [-0.2, 0) is 11.4 Å². The van der Waals surface area contributed by atoms with Gasteiger partial charge in [-0.05, 0) is 91.8 Å².